The highest BCUT2D eigenvalue weighted by molar-refractivity contribution is 7.90. The standard InChI is InChI=1S/C28H36N4O8S/c1-39-27-16-22(41(2,37)38)8-9-26(27)29-12-4-5-20-15-23-24(6-3-7-25(23)31-20)30-19-10-13-32(14-11-19)17-21(33)18-40-28(34,35)36/h3,6-9,15-16,19,21,29-31,33-36H,10-14,17-18H2,1-2H3. The molecule has 1 saturated heterocycles. The predicted molar refractivity (Wildman–Crippen MR) is 154 cm³/mol. The fraction of sp³-hybridized carbons (Fsp3) is 0.429. The molecule has 2 aromatic carbocycles. The van der Waals surface area contributed by atoms with Crippen LogP contribution < -0.4 is 15.4 Å². The van der Waals surface area contributed by atoms with E-state index in [9.17, 15) is 13.5 Å². The fourth-order valence-electron chi connectivity index (χ4n) is 4.71. The molecule has 222 valence electrons. The third-order valence-electron chi connectivity index (χ3n) is 6.74. The largest absolute Gasteiger partial charge is 0.495 e. The van der Waals surface area contributed by atoms with Crippen LogP contribution in [0, 0.1) is 11.8 Å². The molecule has 0 saturated carbocycles. The van der Waals surface area contributed by atoms with Gasteiger partial charge in [-0.2, -0.15) is 0 Å². The number of fused-ring (bicyclic) bond motifs is 1. The molecule has 0 aliphatic carbocycles. The molecule has 12 nitrogen and oxygen atoms in total. The Hall–Kier alpha value is -3.35. The molecule has 3 aromatic rings. The molecule has 7 N–H and O–H groups in total. The molecule has 4 rings (SSSR count). The zero-order valence-corrected chi connectivity index (χ0v) is 23.7. The monoisotopic (exact) mass is 588 g/mol. The van der Waals surface area contributed by atoms with Gasteiger partial charge in [-0.05, 0) is 49.1 Å². The number of β-amino-alcohol motifs (C(OH)–C–C–N with tert-alkyl or cyclic N) is 1. The van der Waals surface area contributed by atoms with Crippen molar-refractivity contribution in [2.24, 2.45) is 0 Å². The molecule has 41 heavy (non-hydrogen) atoms. The second-order valence-electron chi connectivity index (χ2n) is 10.00. The van der Waals surface area contributed by atoms with Gasteiger partial charge >= 0.3 is 6.16 Å². The number of benzene rings is 2. The van der Waals surface area contributed by atoms with E-state index in [1.807, 2.05) is 24.3 Å². The summed E-state index contributed by atoms with van der Waals surface area (Å²) in [5.41, 5.74) is 3.36. The topological polar surface area (TPSA) is 177 Å². The number of hydrogen-bond donors (Lipinski definition) is 7. The second-order valence-corrected chi connectivity index (χ2v) is 12.0. The SMILES string of the molecule is COc1cc(S(C)(=O)=O)ccc1NCC#Cc1cc2c(NC3CCN(CC(O)COC(O)(O)O)CC3)cccc2[nH]1. The minimum absolute atomic E-state index is 0.185. The van der Waals surface area contributed by atoms with Gasteiger partial charge in [0, 0.05) is 54.6 Å². The first-order valence-electron chi connectivity index (χ1n) is 13.1. The predicted octanol–water partition coefficient (Wildman–Crippen LogP) is 0.886. The lowest BCUT2D eigenvalue weighted by molar-refractivity contribution is -0.457. The first-order valence-corrected chi connectivity index (χ1v) is 15.0. The minimum atomic E-state index is -3.33. The lowest BCUT2D eigenvalue weighted by Gasteiger charge is -2.34. The number of hydrogen-bond acceptors (Lipinski definition) is 11. The van der Waals surface area contributed by atoms with Crippen molar-refractivity contribution in [2.75, 3.05) is 56.8 Å². The van der Waals surface area contributed by atoms with E-state index in [0.717, 1.165) is 54.5 Å². The van der Waals surface area contributed by atoms with Gasteiger partial charge < -0.3 is 50.4 Å². The van der Waals surface area contributed by atoms with Crippen LogP contribution in [-0.2, 0) is 14.6 Å². The molecule has 1 aromatic heterocycles. The normalized spacial score (nSPS) is 15.8. The van der Waals surface area contributed by atoms with Crippen LogP contribution in [0.3, 0.4) is 0 Å². The number of anilines is 2. The van der Waals surface area contributed by atoms with E-state index in [2.05, 4.69) is 37.1 Å². The summed E-state index contributed by atoms with van der Waals surface area (Å²) >= 11 is 0. The second kappa shape index (κ2) is 13.1. The number of aromatic amines is 1. The Morgan fingerprint density at radius 2 is 1.90 bits per heavy atom. The van der Waals surface area contributed by atoms with Crippen molar-refractivity contribution in [3.63, 3.8) is 0 Å². The van der Waals surface area contributed by atoms with Gasteiger partial charge in [-0.1, -0.05) is 12.0 Å². The van der Waals surface area contributed by atoms with Crippen LogP contribution in [0.4, 0.5) is 11.4 Å². The summed E-state index contributed by atoms with van der Waals surface area (Å²) in [5.74, 6) is 6.64. The number of aliphatic hydroxyl groups excluding tert-OH is 1. The van der Waals surface area contributed by atoms with Gasteiger partial charge in [0.1, 0.15) is 5.75 Å². The Labute approximate surface area is 238 Å². The number of piperidine rings is 1. The number of methoxy groups -OCH3 is 1. The highest BCUT2D eigenvalue weighted by Crippen LogP contribution is 2.28. The van der Waals surface area contributed by atoms with E-state index in [4.69, 9.17) is 20.1 Å². The number of rotatable bonds is 11. The van der Waals surface area contributed by atoms with Crippen molar-refractivity contribution < 1.29 is 38.3 Å². The van der Waals surface area contributed by atoms with E-state index < -0.39 is 28.7 Å². The highest BCUT2D eigenvalue weighted by atomic mass is 32.2. The minimum Gasteiger partial charge on any atom is -0.495 e. The average molecular weight is 589 g/mol. The molecule has 2 heterocycles. The van der Waals surface area contributed by atoms with Crippen molar-refractivity contribution in [1.82, 2.24) is 9.88 Å². The number of ether oxygens (including phenoxy) is 2. The molecule has 1 atom stereocenters. The summed E-state index contributed by atoms with van der Waals surface area (Å²) in [6.45, 7) is 1.71. The van der Waals surface area contributed by atoms with Crippen LogP contribution in [0.1, 0.15) is 18.5 Å². The molecule has 1 aliphatic heterocycles. The quantitative estimate of drug-likeness (QED) is 0.125. The zero-order chi connectivity index (χ0) is 29.6. The van der Waals surface area contributed by atoms with Gasteiger partial charge in [-0.25, -0.2) is 8.42 Å². The van der Waals surface area contributed by atoms with Crippen LogP contribution in [0.2, 0.25) is 0 Å². The third kappa shape index (κ3) is 8.82. The summed E-state index contributed by atoms with van der Waals surface area (Å²) in [6.07, 6.45) is -1.35. The lowest BCUT2D eigenvalue weighted by atomic mass is 10.0. The molecule has 13 heteroatoms. The molecule has 0 bridgehead atoms. The summed E-state index contributed by atoms with van der Waals surface area (Å²) < 4.78 is 33.3. The van der Waals surface area contributed by atoms with Gasteiger partial charge in [-0.15, -0.1) is 0 Å². The van der Waals surface area contributed by atoms with Gasteiger partial charge in [0.05, 0.1) is 42.6 Å². The first kappa shape index (κ1) is 30.6. The summed E-state index contributed by atoms with van der Waals surface area (Å²) in [7, 11) is -1.85. The van der Waals surface area contributed by atoms with Crippen LogP contribution in [0.25, 0.3) is 10.9 Å². The molecule has 1 aliphatic rings. The Morgan fingerprint density at radius 3 is 2.59 bits per heavy atom. The van der Waals surface area contributed by atoms with Crippen LogP contribution in [0.5, 0.6) is 5.75 Å². The molecular formula is C28H36N4O8S. The fourth-order valence-corrected chi connectivity index (χ4v) is 5.35. The maximum absolute atomic E-state index is 11.8. The molecule has 1 fully saturated rings. The molecule has 0 amide bonds. The van der Waals surface area contributed by atoms with Crippen molar-refractivity contribution in [2.45, 2.75) is 36.0 Å². The number of nitrogens with zero attached hydrogens (tertiary/aromatic N) is 1. The zero-order valence-electron chi connectivity index (χ0n) is 22.9. The first-order chi connectivity index (χ1) is 19.4. The molecule has 0 spiro atoms. The maximum Gasteiger partial charge on any atom is 0.405 e. The van der Waals surface area contributed by atoms with E-state index in [1.165, 1.54) is 19.2 Å². The van der Waals surface area contributed by atoms with Crippen LogP contribution in [-0.4, -0.2) is 103 Å². The Kier molecular flexibility index (Phi) is 9.77. The Bertz CT molecular complexity index is 1500. The van der Waals surface area contributed by atoms with E-state index >= 15 is 0 Å². The molecule has 0 radical (unpaired) electrons. The number of likely N-dealkylation sites (tertiary alicyclic amines) is 1. The van der Waals surface area contributed by atoms with E-state index in [0.29, 0.717) is 24.5 Å². The Balaban J connectivity index is 1.32. The van der Waals surface area contributed by atoms with Gasteiger partial charge in [-0.3, -0.25) is 0 Å². The number of sulfone groups is 1. The van der Waals surface area contributed by atoms with Crippen molar-refractivity contribution >= 4 is 32.1 Å². The summed E-state index contributed by atoms with van der Waals surface area (Å²) in [5, 5.41) is 44.2. The number of aromatic nitrogens is 1. The van der Waals surface area contributed by atoms with Gasteiger partial charge in [0.2, 0.25) is 0 Å². The van der Waals surface area contributed by atoms with Crippen LogP contribution in [0.15, 0.2) is 47.4 Å². The lowest BCUT2D eigenvalue weighted by Crippen LogP contribution is -2.44. The highest BCUT2D eigenvalue weighted by Gasteiger charge is 2.25. The smallest absolute Gasteiger partial charge is 0.405 e. The summed E-state index contributed by atoms with van der Waals surface area (Å²) in [6, 6.07) is 12.9. The Morgan fingerprint density at radius 1 is 1.15 bits per heavy atom. The van der Waals surface area contributed by atoms with Crippen molar-refractivity contribution in [3.8, 4) is 17.6 Å². The molecule has 1 unspecified atom stereocenters. The van der Waals surface area contributed by atoms with E-state index in [-0.39, 0.29) is 10.9 Å². The average Bonchev–Trinajstić information content (AvgIpc) is 3.34. The van der Waals surface area contributed by atoms with E-state index in [1.54, 1.807) is 6.07 Å². The number of nitrogens with one attached hydrogen (secondary N) is 3. The van der Waals surface area contributed by atoms with Crippen LogP contribution >= 0.6 is 0 Å². The maximum atomic E-state index is 11.8. The third-order valence-corrected chi connectivity index (χ3v) is 7.85. The van der Waals surface area contributed by atoms with Gasteiger partial charge in [0.25, 0.3) is 0 Å². The number of aliphatic hydroxyl groups is 4. The summed E-state index contributed by atoms with van der Waals surface area (Å²) in [4.78, 5) is 5.58. The van der Waals surface area contributed by atoms with Crippen molar-refractivity contribution in [3.05, 3.63) is 48.2 Å². The van der Waals surface area contributed by atoms with Crippen molar-refractivity contribution in [1.29, 1.82) is 0 Å². The van der Waals surface area contributed by atoms with Gasteiger partial charge in [0.15, 0.2) is 9.84 Å². The molecular weight excluding hydrogens is 552 g/mol. The number of H-pyrrole nitrogens is 1.